The first-order valence-electron chi connectivity index (χ1n) is 11.5. The number of benzene rings is 2. The molecule has 0 fully saturated rings. The first-order valence-corrected chi connectivity index (χ1v) is 11.1. The van der Waals surface area contributed by atoms with Gasteiger partial charge in [0, 0.05) is 18.1 Å². The van der Waals surface area contributed by atoms with Crippen molar-refractivity contribution in [2.24, 2.45) is 0 Å². The van der Waals surface area contributed by atoms with Gasteiger partial charge in [0.1, 0.15) is 23.2 Å². The molecule has 2 amide bonds. The molecule has 1 heterocycles. The Morgan fingerprint density at radius 2 is 1.86 bits per heavy atom. The van der Waals surface area contributed by atoms with Gasteiger partial charge in [-0.25, -0.2) is 9.78 Å². The van der Waals surface area contributed by atoms with E-state index in [2.05, 4.69) is 27.2 Å². The topological polar surface area (TPSA) is 112 Å². The number of ether oxygens (including phenoxy) is 1. The van der Waals surface area contributed by atoms with Crippen LogP contribution in [0.4, 0.5) is 10.6 Å². The smallest absolute Gasteiger partial charge is 0.444 e. The number of aromatic nitrogens is 1. The first kappa shape index (κ1) is 24.3. The molecule has 0 aliphatic rings. The van der Waals surface area contributed by atoms with Gasteiger partial charge in [0.25, 0.3) is 0 Å². The van der Waals surface area contributed by atoms with E-state index in [-0.39, 0.29) is 17.0 Å². The molecule has 8 nitrogen and oxygen atoms in total. The molecule has 0 aliphatic carbocycles. The number of carbonyl (C=O) groups excluding carboxylic acids is 2. The molecule has 3 rings (SSSR count). The Labute approximate surface area is 206 Å². The number of fused-ring (bicyclic) bond motifs is 1. The largest absolute Gasteiger partial charge is 0.491 e. The van der Waals surface area contributed by atoms with Gasteiger partial charge < -0.3 is 20.1 Å². The summed E-state index contributed by atoms with van der Waals surface area (Å²) in [4.78, 5) is 30.6. The van der Waals surface area contributed by atoms with E-state index in [1.807, 2.05) is 42.5 Å². The molecule has 35 heavy (non-hydrogen) atoms. The van der Waals surface area contributed by atoms with Crippen molar-refractivity contribution in [1.29, 1.82) is 1.43 Å². The normalized spacial score (nSPS) is 12.1. The van der Waals surface area contributed by atoms with Crippen molar-refractivity contribution in [3.8, 4) is 11.8 Å². The maximum absolute atomic E-state index is 12.8. The molecular formula is C26H28BN3O5. The van der Waals surface area contributed by atoms with Crippen LogP contribution in [0, 0.1) is 11.8 Å². The summed E-state index contributed by atoms with van der Waals surface area (Å²) in [6, 6.07) is 15.7. The Morgan fingerprint density at radius 1 is 1.14 bits per heavy atom. The summed E-state index contributed by atoms with van der Waals surface area (Å²) in [7, 11) is -0.0996. The standard InChI is InChI=1S/C26H28BN3O5/c1-17(30(5)25(32)35-26(2,3)4)24(31)29-23-15-13-21(27(33)34)22(28-23)14-11-18-10-12-19-8-6-7-9-20(19)16-18/h6-10,12-13,15-17,33-34H,1-5H3,(H,28,29,31)/t17-/m1/s1/i33D. The van der Waals surface area contributed by atoms with Gasteiger partial charge in [0.15, 0.2) is 1.43 Å². The zero-order chi connectivity index (χ0) is 26.5. The summed E-state index contributed by atoms with van der Waals surface area (Å²) in [5, 5.41) is 19.1. The summed E-state index contributed by atoms with van der Waals surface area (Å²) in [5.74, 6) is 5.58. The Hall–Kier alpha value is -3.87. The van der Waals surface area contributed by atoms with E-state index in [9.17, 15) is 14.6 Å². The zero-order valence-corrected chi connectivity index (χ0v) is 20.3. The number of hydrogen-bond acceptors (Lipinski definition) is 6. The van der Waals surface area contributed by atoms with E-state index in [1.54, 1.807) is 27.7 Å². The molecule has 180 valence electrons. The Bertz CT molecular complexity index is 1330. The van der Waals surface area contributed by atoms with E-state index in [0.29, 0.717) is 0 Å². The monoisotopic (exact) mass is 474 g/mol. The molecule has 0 saturated heterocycles. The predicted octanol–water partition coefficient (Wildman–Crippen LogP) is 2.51. The number of likely N-dealkylation sites (N-methyl/N-ethyl adjacent to an activating group) is 1. The molecule has 0 aliphatic heterocycles. The molecule has 2 aromatic carbocycles. The Balaban J connectivity index is 1.84. The minimum Gasteiger partial charge on any atom is -0.444 e. The van der Waals surface area contributed by atoms with Crippen molar-refractivity contribution in [3.63, 3.8) is 0 Å². The van der Waals surface area contributed by atoms with Gasteiger partial charge in [-0.2, -0.15) is 0 Å². The van der Waals surface area contributed by atoms with Crippen molar-refractivity contribution in [2.75, 3.05) is 12.4 Å². The van der Waals surface area contributed by atoms with Crippen molar-refractivity contribution < 1.29 is 24.4 Å². The van der Waals surface area contributed by atoms with Gasteiger partial charge in [0.2, 0.25) is 5.91 Å². The number of nitrogens with zero attached hydrogens (tertiary/aromatic N) is 2. The fraction of sp³-hybridized carbons (Fsp3) is 0.269. The number of hydrogen-bond donors (Lipinski definition) is 3. The lowest BCUT2D eigenvalue weighted by Crippen LogP contribution is -2.45. The van der Waals surface area contributed by atoms with Crippen LogP contribution in [-0.4, -0.2) is 59.2 Å². The highest BCUT2D eigenvalue weighted by atomic mass is 16.6. The lowest BCUT2D eigenvalue weighted by atomic mass is 9.79. The number of amides is 2. The molecule has 0 bridgehead atoms. The second-order valence-electron chi connectivity index (χ2n) is 9.06. The van der Waals surface area contributed by atoms with Gasteiger partial charge in [-0.05, 0) is 62.6 Å². The molecule has 0 saturated carbocycles. The third-order valence-electron chi connectivity index (χ3n) is 5.16. The van der Waals surface area contributed by atoms with E-state index in [1.165, 1.54) is 24.1 Å². The average Bonchev–Trinajstić information content (AvgIpc) is 2.85. The fourth-order valence-electron chi connectivity index (χ4n) is 3.14. The van der Waals surface area contributed by atoms with Gasteiger partial charge in [-0.15, -0.1) is 0 Å². The molecule has 0 spiro atoms. The lowest BCUT2D eigenvalue weighted by molar-refractivity contribution is -0.120. The van der Waals surface area contributed by atoms with Crippen molar-refractivity contribution in [2.45, 2.75) is 39.3 Å². The second kappa shape index (κ2) is 10.6. The van der Waals surface area contributed by atoms with Crippen LogP contribution in [0.3, 0.4) is 0 Å². The Morgan fingerprint density at radius 3 is 2.54 bits per heavy atom. The molecule has 9 heteroatoms. The molecule has 3 aromatic rings. The second-order valence-corrected chi connectivity index (χ2v) is 9.06. The number of nitrogens with one attached hydrogen (secondary N) is 1. The molecule has 0 unspecified atom stereocenters. The maximum Gasteiger partial charge on any atom is 0.491 e. The minimum atomic E-state index is -1.57. The van der Waals surface area contributed by atoms with Crippen LogP contribution in [0.15, 0.2) is 54.6 Å². The minimum absolute atomic E-state index is 0.133. The summed E-state index contributed by atoms with van der Waals surface area (Å²) in [6.07, 6.45) is -0.633. The fourth-order valence-corrected chi connectivity index (χ4v) is 3.14. The summed E-state index contributed by atoms with van der Waals surface area (Å²) in [5.41, 5.74) is 0.340. The van der Waals surface area contributed by atoms with E-state index in [0.717, 1.165) is 16.3 Å². The van der Waals surface area contributed by atoms with Crippen LogP contribution < -0.4 is 10.8 Å². The van der Waals surface area contributed by atoms with Crippen LogP contribution in [-0.2, 0) is 9.53 Å². The van der Waals surface area contributed by atoms with Crippen LogP contribution in [0.25, 0.3) is 10.8 Å². The van der Waals surface area contributed by atoms with Crippen LogP contribution >= 0.6 is 0 Å². The highest BCUT2D eigenvalue weighted by Crippen LogP contribution is 2.15. The third-order valence-corrected chi connectivity index (χ3v) is 5.16. The number of pyridine rings is 1. The van der Waals surface area contributed by atoms with E-state index < -0.39 is 30.8 Å². The van der Waals surface area contributed by atoms with E-state index >= 15 is 0 Å². The van der Waals surface area contributed by atoms with E-state index in [4.69, 9.17) is 6.17 Å². The quantitative estimate of drug-likeness (QED) is 0.387. The third kappa shape index (κ3) is 6.82. The number of carbonyl (C=O) groups is 2. The number of anilines is 1. The summed E-state index contributed by atoms with van der Waals surface area (Å²) < 4.78 is 12.4. The SMILES string of the molecule is [2H]OB(O)c1ccc(NC(=O)[C@@H](C)N(C)C(=O)OC(C)(C)C)nc1C#Cc1ccc2ccccc2c1. The number of rotatable bonds is 5. The Kier molecular flexibility index (Phi) is 7.35. The molecule has 3 N–H and O–H groups in total. The summed E-state index contributed by atoms with van der Waals surface area (Å²) >= 11 is 0. The van der Waals surface area contributed by atoms with Crippen molar-refractivity contribution >= 4 is 41.2 Å². The highest BCUT2D eigenvalue weighted by Gasteiger charge is 2.27. The van der Waals surface area contributed by atoms with Gasteiger partial charge in [-0.1, -0.05) is 42.3 Å². The van der Waals surface area contributed by atoms with Gasteiger partial charge in [0.05, 0.1) is 0 Å². The first-order chi connectivity index (χ1) is 17.0. The van der Waals surface area contributed by atoms with Gasteiger partial charge >= 0.3 is 13.2 Å². The van der Waals surface area contributed by atoms with Crippen LogP contribution in [0.1, 0.15) is 39.0 Å². The molecule has 0 radical (unpaired) electrons. The van der Waals surface area contributed by atoms with Crippen LogP contribution in [0.2, 0.25) is 0 Å². The van der Waals surface area contributed by atoms with Crippen molar-refractivity contribution in [1.82, 2.24) is 9.88 Å². The maximum atomic E-state index is 12.8. The predicted molar refractivity (Wildman–Crippen MR) is 136 cm³/mol. The van der Waals surface area contributed by atoms with Crippen LogP contribution in [0.5, 0.6) is 0 Å². The average molecular weight is 474 g/mol. The van der Waals surface area contributed by atoms with Crippen molar-refractivity contribution in [3.05, 3.63) is 65.9 Å². The molecule has 1 atom stereocenters. The highest BCUT2D eigenvalue weighted by molar-refractivity contribution is 6.59. The lowest BCUT2D eigenvalue weighted by Gasteiger charge is -2.28. The summed E-state index contributed by atoms with van der Waals surface area (Å²) in [6.45, 7) is 6.78. The molecular weight excluding hydrogens is 445 g/mol. The van der Waals surface area contributed by atoms with Gasteiger partial charge in [-0.3, -0.25) is 9.69 Å². The zero-order valence-electron chi connectivity index (χ0n) is 21.3. The molecule has 1 aromatic heterocycles.